The Bertz CT molecular complexity index is 1600. The SMILES string of the molecule is COc1ccc(/C=C2\C(=O)N(c3ccccc3)C3=C2C(C2=CCC=C(Br)C=C2)N(c2ccccc2)C3=O)cc1. The van der Waals surface area contributed by atoms with Gasteiger partial charge in [0.25, 0.3) is 11.8 Å². The number of anilines is 2. The number of carbonyl (C=O) groups is 2. The van der Waals surface area contributed by atoms with Crippen LogP contribution in [0.15, 0.2) is 136 Å². The maximum atomic E-state index is 14.4. The summed E-state index contributed by atoms with van der Waals surface area (Å²) in [6.45, 7) is 0. The zero-order valence-electron chi connectivity index (χ0n) is 21.3. The molecule has 0 bridgehead atoms. The average molecular weight is 577 g/mol. The second-order valence-corrected chi connectivity index (χ2v) is 10.3. The van der Waals surface area contributed by atoms with Crippen molar-refractivity contribution in [2.24, 2.45) is 0 Å². The van der Waals surface area contributed by atoms with Crippen molar-refractivity contribution < 1.29 is 14.3 Å². The quantitative estimate of drug-likeness (QED) is 0.308. The van der Waals surface area contributed by atoms with Crippen LogP contribution >= 0.6 is 15.9 Å². The summed E-state index contributed by atoms with van der Waals surface area (Å²) in [5, 5.41) is 0. The number of nitrogens with zero attached hydrogens (tertiary/aromatic N) is 2. The van der Waals surface area contributed by atoms with E-state index in [0.717, 1.165) is 27.1 Å². The van der Waals surface area contributed by atoms with E-state index in [0.29, 0.717) is 29.0 Å². The lowest BCUT2D eigenvalue weighted by molar-refractivity contribution is -0.117. The number of para-hydroxylation sites is 2. The number of halogens is 1. The van der Waals surface area contributed by atoms with E-state index < -0.39 is 6.04 Å². The van der Waals surface area contributed by atoms with Gasteiger partial charge in [-0.3, -0.25) is 19.4 Å². The molecule has 3 aliphatic rings. The summed E-state index contributed by atoms with van der Waals surface area (Å²) in [5.74, 6) is 0.310. The Labute approximate surface area is 235 Å². The number of hydrogen-bond donors (Lipinski definition) is 0. The summed E-state index contributed by atoms with van der Waals surface area (Å²) in [4.78, 5) is 31.9. The van der Waals surface area contributed by atoms with Gasteiger partial charge in [-0.2, -0.15) is 0 Å². The fraction of sp³-hybridized carbons (Fsp3) is 0.0909. The summed E-state index contributed by atoms with van der Waals surface area (Å²) in [6, 6.07) is 26.1. The van der Waals surface area contributed by atoms with E-state index >= 15 is 0 Å². The molecule has 0 saturated heterocycles. The van der Waals surface area contributed by atoms with E-state index in [1.54, 1.807) is 12.0 Å². The van der Waals surface area contributed by atoms with Crippen LogP contribution in [0.25, 0.3) is 6.08 Å². The summed E-state index contributed by atoms with van der Waals surface area (Å²) in [6.07, 6.45) is 10.8. The minimum absolute atomic E-state index is 0.206. The van der Waals surface area contributed by atoms with E-state index in [-0.39, 0.29) is 11.8 Å². The van der Waals surface area contributed by atoms with Crippen molar-refractivity contribution in [1.82, 2.24) is 0 Å². The van der Waals surface area contributed by atoms with Gasteiger partial charge in [0.15, 0.2) is 0 Å². The monoisotopic (exact) mass is 576 g/mol. The highest BCUT2D eigenvalue weighted by atomic mass is 79.9. The molecule has 0 fully saturated rings. The van der Waals surface area contributed by atoms with Crippen LogP contribution in [0.2, 0.25) is 0 Å². The summed E-state index contributed by atoms with van der Waals surface area (Å²) >= 11 is 3.58. The topological polar surface area (TPSA) is 49.9 Å². The zero-order chi connectivity index (χ0) is 26.9. The number of methoxy groups -OCH3 is 1. The first kappa shape index (κ1) is 24.9. The molecule has 0 spiro atoms. The summed E-state index contributed by atoms with van der Waals surface area (Å²) in [7, 11) is 1.62. The van der Waals surface area contributed by atoms with E-state index in [2.05, 4.69) is 28.1 Å². The van der Waals surface area contributed by atoms with Crippen LogP contribution in [0.4, 0.5) is 11.4 Å². The molecule has 1 unspecified atom stereocenters. The van der Waals surface area contributed by atoms with Crippen molar-refractivity contribution in [3.05, 3.63) is 142 Å². The van der Waals surface area contributed by atoms with Crippen molar-refractivity contribution in [2.45, 2.75) is 12.5 Å². The summed E-state index contributed by atoms with van der Waals surface area (Å²) in [5.41, 5.74) is 4.84. The molecule has 39 heavy (non-hydrogen) atoms. The van der Waals surface area contributed by atoms with Crippen molar-refractivity contribution >= 4 is 45.2 Å². The molecule has 192 valence electrons. The smallest absolute Gasteiger partial charge is 0.276 e. The van der Waals surface area contributed by atoms with Gasteiger partial charge in [-0.1, -0.05) is 82.7 Å². The minimum atomic E-state index is -0.472. The van der Waals surface area contributed by atoms with Gasteiger partial charge in [0.05, 0.1) is 13.2 Å². The van der Waals surface area contributed by atoms with Crippen LogP contribution in [0, 0.1) is 0 Å². The fourth-order valence-electron chi connectivity index (χ4n) is 5.26. The normalized spacial score (nSPS) is 19.8. The second kappa shape index (κ2) is 10.4. The van der Waals surface area contributed by atoms with E-state index in [1.165, 1.54) is 0 Å². The highest BCUT2D eigenvalue weighted by Gasteiger charge is 2.52. The number of hydrogen-bond acceptors (Lipinski definition) is 3. The largest absolute Gasteiger partial charge is 0.497 e. The molecule has 6 heteroatoms. The van der Waals surface area contributed by atoms with Crippen LogP contribution in [0.1, 0.15) is 12.0 Å². The molecular weight excluding hydrogens is 552 g/mol. The molecule has 0 aromatic heterocycles. The Morgan fingerprint density at radius 3 is 2.15 bits per heavy atom. The molecule has 1 aliphatic carbocycles. The molecule has 3 aromatic rings. The number of amides is 2. The second-order valence-electron chi connectivity index (χ2n) is 9.34. The standard InChI is InChI=1S/C33H25BrN2O3/c1-39-27-19-15-22(16-20-27)21-28-29-30(23-9-8-10-24(34)18-17-23)35(25-11-4-2-5-12-25)33(38)31(29)36(32(28)37)26-13-6-3-7-14-26/h2-7,9-21,30H,8H2,1H3/b28-21-. The number of allylic oxidation sites excluding steroid dienone is 4. The Hall–Kier alpha value is -4.42. The van der Waals surface area contributed by atoms with Crippen LogP contribution in [0.3, 0.4) is 0 Å². The van der Waals surface area contributed by atoms with Gasteiger partial charge in [-0.05, 0) is 66.1 Å². The Morgan fingerprint density at radius 1 is 0.821 bits per heavy atom. The molecule has 0 saturated carbocycles. The molecule has 1 atom stereocenters. The average Bonchev–Trinajstić information content (AvgIpc) is 3.30. The first-order valence-corrected chi connectivity index (χ1v) is 13.5. The van der Waals surface area contributed by atoms with Crippen molar-refractivity contribution in [3.8, 4) is 5.75 Å². The predicted molar refractivity (Wildman–Crippen MR) is 158 cm³/mol. The lowest BCUT2D eigenvalue weighted by Crippen LogP contribution is -2.42. The van der Waals surface area contributed by atoms with E-state index in [9.17, 15) is 9.59 Å². The third-order valence-corrected chi connectivity index (χ3v) is 7.64. The van der Waals surface area contributed by atoms with Crippen LogP contribution in [-0.4, -0.2) is 25.0 Å². The number of ether oxygens (including phenoxy) is 1. The zero-order valence-corrected chi connectivity index (χ0v) is 22.8. The fourth-order valence-corrected chi connectivity index (χ4v) is 5.58. The van der Waals surface area contributed by atoms with Crippen molar-refractivity contribution in [3.63, 3.8) is 0 Å². The van der Waals surface area contributed by atoms with Crippen molar-refractivity contribution in [1.29, 1.82) is 0 Å². The highest BCUT2D eigenvalue weighted by Crippen LogP contribution is 2.47. The van der Waals surface area contributed by atoms with Crippen LogP contribution < -0.4 is 14.5 Å². The van der Waals surface area contributed by atoms with Gasteiger partial charge in [-0.25, -0.2) is 0 Å². The van der Waals surface area contributed by atoms with Gasteiger partial charge < -0.3 is 4.74 Å². The lowest BCUT2D eigenvalue weighted by Gasteiger charge is -2.30. The molecule has 2 heterocycles. The van der Waals surface area contributed by atoms with Gasteiger partial charge in [-0.15, -0.1) is 0 Å². The maximum absolute atomic E-state index is 14.4. The van der Waals surface area contributed by atoms with Gasteiger partial charge in [0, 0.05) is 27.0 Å². The summed E-state index contributed by atoms with van der Waals surface area (Å²) < 4.78 is 6.29. The molecule has 3 aromatic carbocycles. The van der Waals surface area contributed by atoms with Gasteiger partial charge in [0.2, 0.25) is 0 Å². The van der Waals surface area contributed by atoms with Gasteiger partial charge in [0.1, 0.15) is 11.4 Å². The first-order chi connectivity index (χ1) is 19.1. The molecule has 2 amide bonds. The molecule has 5 nitrogen and oxygen atoms in total. The number of benzene rings is 3. The molecular formula is C33H25BrN2O3. The van der Waals surface area contributed by atoms with Gasteiger partial charge >= 0.3 is 0 Å². The Kier molecular flexibility index (Phi) is 6.63. The maximum Gasteiger partial charge on any atom is 0.276 e. The molecule has 2 aliphatic heterocycles. The van der Waals surface area contributed by atoms with E-state index in [1.807, 2.05) is 108 Å². The predicted octanol–water partition coefficient (Wildman–Crippen LogP) is 6.96. The Balaban J connectivity index is 1.58. The van der Waals surface area contributed by atoms with E-state index in [4.69, 9.17) is 4.74 Å². The third-order valence-electron chi connectivity index (χ3n) is 7.05. The lowest BCUT2D eigenvalue weighted by atomic mass is 9.92. The first-order valence-electron chi connectivity index (χ1n) is 12.7. The minimum Gasteiger partial charge on any atom is -0.497 e. The molecule has 0 N–H and O–H groups in total. The van der Waals surface area contributed by atoms with Crippen molar-refractivity contribution in [2.75, 3.05) is 16.9 Å². The highest BCUT2D eigenvalue weighted by molar-refractivity contribution is 9.11. The number of rotatable bonds is 5. The van der Waals surface area contributed by atoms with Crippen LogP contribution in [-0.2, 0) is 9.59 Å². The molecule has 6 rings (SSSR count). The third kappa shape index (κ3) is 4.47. The van der Waals surface area contributed by atoms with Crippen LogP contribution in [0.5, 0.6) is 5.75 Å². The molecule has 0 radical (unpaired) electrons. The Morgan fingerprint density at radius 2 is 1.49 bits per heavy atom. The number of carbonyl (C=O) groups excluding carboxylic acids is 2.